The lowest BCUT2D eigenvalue weighted by Crippen LogP contribution is -2.49. The van der Waals surface area contributed by atoms with Crippen LogP contribution in [0.3, 0.4) is 0 Å². The first-order chi connectivity index (χ1) is 13.8. The topological polar surface area (TPSA) is 75.7 Å². The van der Waals surface area contributed by atoms with Gasteiger partial charge >= 0.3 is 5.97 Å². The van der Waals surface area contributed by atoms with Crippen molar-refractivity contribution in [3.63, 3.8) is 0 Å². The highest BCUT2D eigenvalue weighted by molar-refractivity contribution is 8.02. The van der Waals surface area contributed by atoms with Gasteiger partial charge in [0, 0.05) is 22.8 Å². The molecule has 0 bridgehead atoms. The molecule has 4 rings (SSSR count). The van der Waals surface area contributed by atoms with Crippen LogP contribution < -0.4 is 10.2 Å². The van der Waals surface area contributed by atoms with Gasteiger partial charge < -0.3 is 10.1 Å². The summed E-state index contributed by atoms with van der Waals surface area (Å²) < 4.78 is 5.48. The molecule has 2 atom stereocenters. The molecule has 0 radical (unpaired) electrons. The van der Waals surface area contributed by atoms with E-state index in [0.29, 0.717) is 27.8 Å². The second kappa shape index (κ2) is 7.55. The number of fused-ring (bicyclic) bond motifs is 3. The molecule has 2 aliphatic rings. The molecule has 0 spiro atoms. The minimum absolute atomic E-state index is 0.137. The number of para-hydroxylation sites is 1. The Bertz CT molecular complexity index is 1030. The van der Waals surface area contributed by atoms with E-state index in [0.717, 1.165) is 4.90 Å². The SMILES string of the molecule is C[C@@H](OC(=O)[C@]12CCC(=O)N1c1ccccc1S2)C(=O)Nc1cc(Cl)ccc1Cl. The number of rotatable bonds is 4. The maximum atomic E-state index is 13.1. The van der Waals surface area contributed by atoms with E-state index in [1.807, 2.05) is 18.2 Å². The molecule has 29 heavy (non-hydrogen) atoms. The Morgan fingerprint density at radius 3 is 2.79 bits per heavy atom. The van der Waals surface area contributed by atoms with E-state index in [1.54, 1.807) is 18.2 Å². The van der Waals surface area contributed by atoms with Gasteiger partial charge in [-0.2, -0.15) is 0 Å². The van der Waals surface area contributed by atoms with Gasteiger partial charge in [0.15, 0.2) is 11.0 Å². The van der Waals surface area contributed by atoms with Crippen LogP contribution in [0.4, 0.5) is 11.4 Å². The van der Waals surface area contributed by atoms with Crippen molar-refractivity contribution in [1.29, 1.82) is 0 Å². The molecule has 1 N–H and O–H groups in total. The third-order valence-corrected chi connectivity index (χ3v) is 6.85. The molecular weight excluding hydrogens is 435 g/mol. The largest absolute Gasteiger partial charge is 0.450 e. The fourth-order valence-electron chi connectivity index (χ4n) is 3.41. The van der Waals surface area contributed by atoms with Gasteiger partial charge in [-0.05, 0) is 37.3 Å². The average Bonchev–Trinajstić information content (AvgIpc) is 3.20. The van der Waals surface area contributed by atoms with Gasteiger partial charge in [-0.3, -0.25) is 14.5 Å². The van der Waals surface area contributed by atoms with Crippen molar-refractivity contribution in [2.45, 2.75) is 35.6 Å². The molecule has 0 aliphatic carbocycles. The summed E-state index contributed by atoms with van der Waals surface area (Å²) in [6, 6.07) is 12.0. The second-order valence-corrected chi connectivity index (χ2v) is 8.91. The van der Waals surface area contributed by atoms with Crippen LogP contribution in [-0.4, -0.2) is 28.8 Å². The Kier molecular flexibility index (Phi) is 5.23. The first-order valence-electron chi connectivity index (χ1n) is 8.90. The van der Waals surface area contributed by atoms with Gasteiger partial charge in [-0.15, -0.1) is 0 Å². The summed E-state index contributed by atoms with van der Waals surface area (Å²) in [6.45, 7) is 1.47. The fourth-order valence-corrected chi connectivity index (χ4v) is 5.14. The molecule has 1 saturated heterocycles. The number of nitrogens with zero attached hydrogens (tertiary/aromatic N) is 1. The number of hydrogen-bond acceptors (Lipinski definition) is 5. The van der Waals surface area contributed by atoms with Crippen molar-refractivity contribution < 1.29 is 19.1 Å². The predicted molar refractivity (Wildman–Crippen MR) is 112 cm³/mol. The highest BCUT2D eigenvalue weighted by Crippen LogP contribution is 2.56. The summed E-state index contributed by atoms with van der Waals surface area (Å²) in [5.41, 5.74) is 1.02. The summed E-state index contributed by atoms with van der Waals surface area (Å²) in [4.78, 5) is 39.2. The van der Waals surface area contributed by atoms with Crippen LogP contribution in [0.2, 0.25) is 10.0 Å². The number of esters is 1. The van der Waals surface area contributed by atoms with Crippen molar-refractivity contribution in [2.75, 3.05) is 10.2 Å². The molecule has 2 heterocycles. The number of thioether (sulfide) groups is 1. The second-order valence-electron chi connectivity index (χ2n) is 6.74. The highest BCUT2D eigenvalue weighted by Gasteiger charge is 2.58. The van der Waals surface area contributed by atoms with E-state index in [4.69, 9.17) is 27.9 Å². The summed E-state index contributed by atoms with van der Waals surface area (Å²) in [5, 5.41) is 3.33. The zero-order valence-corrected chi connectivity index (χ0v) is 17.6. The number of hydrogen-bond donors (Lipinski definition) is 1. The third-order valence-electron chi connectivity index (χ3n) is 4.83. The van der Waals surface area contributed by atoms with E-state index < -0.39 is 22.9 Å². The number of carbonyl (C=O) groups excluding carboxylic acids is 3. The third kappa shape index (κ3) is 3.47. The van der Waals surface area contributed by atoms with E-state index in [1.165, 1.54) is 29.7 Å². The van der Waals surface area contributed by atoms with E-state index in [9.17, 15) is 14.4 Å². The van der Waals surface area contributed by atoms with Crippen LogP contribution in [0.1, 0.15) is 19.8 Å². The molecule has 2 aliphatic heterocycles. The molecule has 150 valence electrons. The summed E-state index contributed by atoms with van der Waals surface area (Å²) in [5.74, 6) is -1.30. The van der Waals surface area contributed by atoms with Gasteiger partial charge in [0.25, 0.3) is 5.91 Å². The van der Waals surface area contributed by atoms with Crippen LogP contribution in [0.25, 0.3) is 0 Å². The fraction of sp³-hybridized carbons (Fsp3) is 0.250. The van der Waals surface area contributed by atoms with Crippen LogP contribution in [0.5, 0.6) is 0 Å². The lowest BCUT2D eigenvalue weighted by atomic mass is 10.2. The average molecular weight is 451 g/mol. The molecule has 6 nitrogen and oxygen atoms in total. The first kappa shape index (κ1) is 20.1. The van der Waals surface area contributed by atoms with Crippen LogP contribution in [-0.2, 0) is 19.1 Å². The quantitative estimate of drug-likeness (QED) is 0.694. The van der Waals surface area contributed by atoms with Crippen molar-refractivity contribution >= 4 is 64.1 Å². The van der Waals surface area contributed by atoms with Gasteiger partial charge in [-0.1, -0.05) is 47.1 Å². The van der Waals surface area contributed by atoms with E-state index in [-0.39, 0.29) is 12.3 Å². The maximum absolute atomic E-state index is 13.1. The molecule has 2 aromatic rings. The van der Waals surface area contributed by atoms with Gasteiger partial charge in [-0.25, -0.2) is 4.79 Å². The molecule has 2 amide bonds. The Hall–Kier alpha value is -2.22. The summed E-state index contributed by atoms with van der Waals surface area (Å²) >= 11 is 13.3. The zero-order valence-electron chi connectivity index (χ0n) is 15.3. The predicted octanol–water partition coefficient (Wildman–Crippen LogP) is 4.49. The van der Waals surface area contributed by atoms with E-state index >= 15 is 0 Å². The number of carbonyl (C=O) groups is 3. The highest BCUT2D eigenvalue weighted by atomic mass is 35.5. The minimum atomic E-state index is -1.18. The monoisotopic (exact) mass is 450 g/mol. The van der Waals surface area contributed by atoms with Gasteiger partial charge in [0.05, 0.1) is 16.4 Å². The van der Waals surface area contributed by atoms with Gasteiger partial charge in [0.2, 0.25) is 5.91 Å². The van der Waals surface area contributed by atoms with Crippen molar-refractivity contribution in [3.05, 3.63) is 52.5 Å². The number of benzene rings is 2. The molecule has 0 aromatic heterocycles. The van der Waals surface area contributed by atoms with Crippen LogP contribution in [0, 0.1) is 0 Å². The van der Waals surface area contributed by atoms with Crippen molar-refractivity contribution in [2.24, 2.45) is 0 Å². The number of halogens is 2. The van der Waals surface area contributed by atoms with E-state index in [2.05, 4.69) is 5.32 Å². The van der Waals surface area contributed by atoms with Crippen LogP contribution >= 0.6 is 35.0 Å². The molecule has 0 unspecified atom stereocenters. The van der Waals surface area contributed by atoms with Crippen molar-refractivity contribution in [1.82, 2.24) is 0 Å². The normalized spacial score (nSPS) is 20.8. The Morgan fingerprint density at radius 2 is 2.00 bits per heavy atom. The summed E-state index contributed by atoms with van der Waals surface area (Å²) in [6.07, 6.45) is -0.526. The smallest absolute Gasteiger partial charge is 0.344 e. The lowest BCUT2D eigenvalue weighted by molar-refractivity contribution is -0.155. The maximum Gasteiger partial charge on any atom is 0.344 e. The lowest BCUT2D eigenvalue weighted by Gasteiger charge is -2.29. The number of amides is 2. The van der Waals surface area contributed by atoms with Gasteiger partial charge in [0.1, 0.15) is 0 Å². The molecule has 9 heteroatoms. The van der Waals surface area contributed by atoms with Crippen molar-refractivity contribution in [3.8, 4) is 0 Å². The Labute approximate surface area is 181 Å². The number of nitrogens with one attached hydrogen (secondary N) is 1. The molecule has 0 saturated carbocycles. The summed E-state index contributed by atoms with van der Waals surface area (Å²) in [7, 11) is 0. The number of ether oxygens (including phenoxy) is 1. The molecule has 2 aromatic carbocycles. The Balaban J connectivity index is 1.51. The minimum Gasteiger partial charge on any atom is -0.450 e. The molecule has 1 fully saturated rings. The number of anilines is 2. The first-order valence-corrected chi connectivity index (χ1v) is 10.5. The Morgan fingerprint density at radius 1 is 1.24 bits per heavy atom. The standard InChI is InChI=1S/C20H16Cl2N2O4S/c1-11(18(26)23-14-10-12(21)6-7-13(14)22)28-19(27)20-9-8-17(25)24(20)15-4-2-3-5-16(15)29-20/h2-7,10-11H,8-9H2,1H3,(H,23,26)/t11-,20-/m1/s1. The zero-order chi connectivity index (χ0) is 20.8. The molecular formula is C20H16Cl2N2O4S. The van der Waals surface area contributed by atoms with Crippen LogP contribution in [0.15, 0.2) is 47.4 Å².